The minimum absolute atomic E-state index is 0.198. The van der Waals surface area contributed by atoms with Crippen LogP contribution in [0.15, 0.2) is 60.9 Å². The lowest BCUT2D eigenvalue weighted by Gasteiger charge is -2.36. The van der Waals surface area contributed by atoms with E-state index in [1.807, 2.05) is 12.3 Å². The smallest absolute Gasteiger partial charge is 0.173 e. The Morgan fingerprint density at radius 2 is 1.70 bits per heavy atom. The molecule has 0 saturated carbocycles. The highest BCUT2D eigenvalue weighted by Gasteiger charge is 2.19. The summed E-state index contributed by atoms with van der Waals surface area (Å²) in [6.45, 7) is 4.65. The first kappa shape index (κ1) is 20.4. The number of anilines is 1. The molecule has 1 saturated heterocycles. The van der Waals surface area contributed by atoms with E-state index in [0.717, 1.165) is 49.5 Å². The number of rotatable bonds is 5. The van der Waals surface area contributed by atoms with Crippen LogP contribution in [-0.4, -0.2) is 50.9 Å². The number of hydrogen-bond donors (Lipinski definition) is 1. The lowest BCUT2D eigenvalue weighted by Crippen LogP contribution is -2.49. The first-order valence-electron chi connectivity index (χ1n) is 9.85. The van der Waals surface area contributed by atoms with Crippen LogP contribution in [0.25, 0.3) is 0 Å². The number of halogens is 2. The molecule has 1 aliphatic rings. The molecular weight excluding hydrogens is 404 g/mol. The van der Waals surface area contributed by atoms with Gasteiger partial charge in [-0.3, -0.25) is 9.58 Å². The van der Waals surface area contributed by atoms with E-state index >= 15 is 0 Å². The van der Waals surface area contributed by atoms with Crippen molar-refractivity contribution in [3.05, 3.63) is 83.7 Å². The molecule has 8 heteroatoms. The molecule has 0 amide bonds. The average molecular weight is 428 g/mol. The predicted molar refractivity (Wildman–Crippen MR) is 117 cm³/mol. The normalized spacial score (nSPS) is 14.7. The second kappa shape index (κ2) is 9.32. The van der Waals surface area contributed by atoms with Crippen LogP contribution in [0.3, 0.4) is 0 Å². The zero-order valence-corrected chi connectivity index (χ0v) is 17.3. The molecule has 0 spiro atoms. The Bertz CT molecular complexity index is 997. The van der Waals surface area contributed by atoms with Crippen molar-refractivity contribution in [2.45, 2.75) is 13.1 Å². The van der Waals surface area contributed by atoms with Crippen molar-refractivity contribution in [2.24, 2.45) is 0 Å². The molecule has 0 aliphatic carbocycles. The molecule has 3 aromatic rings. The van der Waals surface area contributed by atoms with Crippen molar-refractivity contribution in [2.75, 3.05) is 31.5 Å². The lowest BCUT2D eigenvalue weighted by atomic mass is 10.2. The van der Waals surface area contributed by atoms with Crippen LogP contribution in [-0.2, 0) is 13.1 Å². The molecule has 1 N–H and O–H groups in total. The number of nitrogens with one attached hydrogen (secondary N) is 1. The SMILES string of the molecule is Fc1ccc(Cn2cc(NC(=S)N3CCN(Cc4cccc(F)c4)CC3)cn2)cc1. The van der Waals surface area contributed by atoms with E-state index in [2.05, 4.69) is 20.2 Å². The molecule has 4 rings (SSSR count). The average Bonchev–Trinajstić information content (AvgIpc) is 3.17. The topological polar surface area (TPSA) is 36.3 Å². The largest absolute Gasteiger partial charge is 0.346 e. The van der Waals surface area contributed by atoms with Crippen molar-refractivity contribution in [3.63, 3.8) is 0 Å². The summed E-state index contributed by atoms with van der Waals surface area (Å²) in [6.07, 6.45) is 3.62. The molecule has 1 aromatic heterocycles. The molecule has 2 aromatic carbocycles. The van der Waals surface area contributed by atoms with E-state index in [9.17, 15) is 8.78 Å². The van der Waals surface area contributed by atoms with E-state index in [1.54, 1.807) is 35.1 Å². The third-order valence-electron chi connectivity index (χ3n) is 5.10. The zero-order chi connectivity index (χ0) is 20.9. The van der Waals surface area contributed by atoms with Gasteiger partial charge in [0.05, 0.1) is 18.4 Å². The van der Waals surface area contributed by atoms with E-state index in [4.69, 9.17) is 12.2 Å². The van der Waals surface area contributed by atoms with Crippen LogP contribution in [0.5, 0.6) is 0 Å². The van der Waals surface area contributed by atoms with Crippen LogP contribution in [0, 0.1) is 11.6 Å². The van der Waals surface area contributed by atoms with Gasteiger partial charge in [0.15, 0.2) is 5.11 Å². The Hall–Kier alpha value is -2.84. The number of thiocarbonyl (C=S) groups is 1. The molecule has 5 nitrogen and oxygen atoms in total. The molecular formula is C22H23F2N5S. The number of piperazine rings is 1. The fourth-order valence-corrected chi connectivity index (χ4v) is 3.80. The first-order valence-corrected chi connectivity index (χ1v) is 10.3. The quantitative estimate of drug-likeness (QED) is 0.628. The summed E-state index contributed by atoms with van der Waals surface area (Å²) in [5.41, 5.74) is 2.78. The van der Waals surface area contributed by atoms with Crippen molar-refractivity contribution < 1.29 is 8.78 Å². The highest BCUT2D eigenvalue weighted by atomic mass is 32.1. The molecule has 0 unspecified atom stereocenters. The van der Waals surface area contributed by atoms with Gasteiger partial charge in [-0.2, -0.15) is 5.10 Å². The number of hydrogen-bond acceptors (Lipinski definition) is 3. The molecule has 0 bridgehead atoms. The minimum atomic E-state index is -0.247. The van der Waals surface area contributed by atoms with Crippen LogP contribution in [0.1, 0.15) is 11.1 Å². The fourth-order valence-electron chi connectivity index (χ4n) is 3.50. The fraction of sp³-hybridized carbons (Fsp3) is 0.273. The Morgan fingerprint density at radius 1 is 0.933 bits per heavy atom. The summed E-state index contributed by atoms with van der Waals surface area (Å²) < 4.78 is 28.2. The number of aromatic nitrogens is 2. The van der Waals surface area contributed by atoms with Crippen molar-refractivity contribution in [1.29, 1.82) is 0 Å². The Kier molecular flexibility index (Phi) is 6.35. The van der Waals surface area contributed by atoms with Gasteiger partial charge in [0.25, 0.3) is 0 Å². The summed E-state index contributed by atoms with van der Waals surface area (Å²) in [7, 11) is 0. The molecule has 1 aliphatic heterocycles. The summed E-state index contributed by atoms with van der Waals surface area (Å²) in [5, 5.41) is 8.25. The van der Waals surface area contributed by atoms with Crippen LogP contribution >= 0.6 is 12.2 Å². The molecule has 30 heavy (non-hydrogen) atoms. The van der Waals surface area contributed by atoms with Gasteiger partial charge >= 0.3 is 0 Å². The van der Waals surface area contributed by atoms with Crippen molar-refractivity contribution in [3.8, 4) is 0 Å². The van der Waals surface area contributed by atoms with Gasteiger partial charge < -0.3 is 10.2 Å². The predicted octanol–water partition coefficient (Wildman–Crippen LogP) is 3.72. The van der Waals surface area contributed by atoms with Gasteiger partial charge in [0.1, 0.15) is 11.6 Å². The Morgan fingerprint density at radius 3 is 2.43 bits per heavy atom. The summed E-state index contributed by atoms with van der Waals surface area (Å²) in [5.74, 6) is -0.445. The highest BCUT2D eigenvalue weighted by Crippen LogP contribution is 2.13. The summed E-state index contributed by atoms with van der Waals surface area (Å²) >= 11 is 5.56. The van der Waals surface area contributed by atoms with Crippen molar-refractivity contribution >= 4 is 23.0 Å². The third kappa shape index (κ3) is 5.40. The van der Waals surface area contributed by atoms with Crippen LogP contribution in [0.4, 0.5) is 14.5 Å². The third-order valence-corrected chi connectivity index (χ3v) is 5.46. The highest BCUT2D eigenvalue weighted by molar-refractivity contribution is 7.80. The van der Waals surface area contributed by atoms with Gasteiger partial charge in [0, 0.05) is 38.9 Å². The van der Waals surface area contributed by atoms with Gasteiger partial charge in [-0.05, 0) is 47.6 Å². The lowest BCUT2D eigenvalue weighted by molar-refractivity contribution is 0.177. The maximum absolute atomic E-state index is 13.4. The van der Waals surface area contributed by atoms with Crippen LogP contribution in [0.2, 0.25) is 0 Å². The maximum atomic E-state index is 13.4. The van der Waals surface area contributed by atoms with E-state index < -0.39 is 0 Å². The standard InChI is InChI=1S/C22H23F2N5S/c23-19-6-4-17(5-7-19)15-29-16-21(13-25-29)26-22(30)28-10-8-27(9-11-28)14-18-2-1-3-20(24)12-18/h1-7,12-13,16H,8-11,14-15H2,(H,26,30). The summed E-state index contributed by atoms with van der Waals surface area (Å²) in [6, 6.07) is 13.1. The monoisotopic (exact) mass is 427 g/mol. The molecule has 2 heterocycles. The second-order valence-electron chi connectivity index (χ2n) is 7.38. The molecule has 156 valence electrons. The van der Waals surface area contributed by atoms with Crippen molar-refractivity contribution in [1.82, 2.24) is 19.6 Å². The zero-order valence-electron chi connectivity index (χ0n) is 16.5. The molecule has 1 fully saturated rings. The summed E-state index contributed by atoms with van der Waals surface area (Å²) in [4.78, 5) is 4.43. The van der Waals surface area contributed by atoms with Gasteiger partial charge in [-0.15, -0.1) is 0 Å². The van der Waals surface area contributed by atoms with Gasteiger partial charge in [-0.25, -0.2) is 8.78 Å². The Balaban J connectivity index is 1.26. The van der Waals surface area contributed by atoms with Gasteiger partial charge in [-0.1, -0.05) is 24.3 Å². The molecule has 0 atom stereocenters. The number of benzene rings is 2. The molecule has 0 radical (unpaired) electrons. The van der Waals surface area contributed by atoms with Crippen LogP contribution < -0.4 is 5.32 Å². The van der Waals surface area contributed by atoms with Gasteiger partial charge in [0.2, 0.25) is 0 Å². The Labute approximate surface area is 179 Å². The maximum Gasteiger partial charge on any atom is 0.173 e. The van der Waals surface area contributed by atoms with E-state index in [-0.39, 0.29) is 11.6 Å². The minimum Gasteiger partial charge on any atom is -0.346 e. The first-order chi connectivity index (χ1) is 14.5. The number of nitrogens with zero attached hydrogens (tertiary/aromatic N) is 4. The van der Waals surface area contributed by atoms with E-state index in [0.29, 0.717) is 11.7 Å². The second-order valence-corrected chi connectivity index (χ2v) is 7.76. The van der Waals surface area contributed by atoms with E-state index in [1.165, 1.54) is 18.2 Å².